The number of esters is 4. The number of ether oxygens (including phenoxy) is 7. The Labute approximate surface area is 235 Å². The first-order valence-electron chi connectivity index (χ1n) is 12.4. The van der Waals surface area contributed by atoms with Gasteiger partial charge in [-0.1, -0.05) is 35.9 Å². The molecular formula is C28H29ClO11. The molecule has 0 saturated carbocycles. The summed E-state index contributed by atoms with van der Waals surface area (Å²) in [5.74, 6) is -4.10. The summed E-state index contributed by atoms with van der Waals surface area (Å²) in [6.07, 6.45) is -4.19. The third-order valence-corrected chi connectivity index (χ3v) is 6.74. The van der Waals surface area contributed by atoms with Gasteiger partial charge in [0, 0.05) is 43.8 Å². The molecule has 2 bridgehead atoms. The molecule has 2 aromatic rings. The van der Waals surface area contributed by atoms with Crippen LogP contribution in [-0.4, -0.2) is 61.0 Å². The van der Waals surface area contributed by atoms with E-state index in [9.17, 15) is 19.2 Å². The second-order valence-electron chi connectivity index (χ2n) is 9.45. The highest BCUT2D eigenvalue weighted by atomic mass is 35.5. The van der Waals surface area contributed by atoms with E-state index in [2.05, 4.69) is 0 Å². The molecule has 214 valence electrons. The Balaban J connectivity index is 1.82. The van der Waals surface area contributed by atoms with Gasteiger partial charge in [-0.2, -0.15) is 0 Å². The molecular weight excluding hydrogens is 548 g/mol. The van der Waals surface area contributed by atoms with Crippen LogP contribution in [0.3, 0.4) is 0 Å². The van der Waals surface area contributed by atoms with Crippen LogP contribution in [0.4, 0.5) is 0 Å². The van der Waals surface area contributed by atoms with Gasteiger partial charge in [-0.25, -0.2) is 0 Å². The van der Waals surface area contributed by atoms with Crippen LogP contribution in [0, 0.1) is 0 Å². The minimum Gasteiger partial charge on any atom is -0.489 e. The maximum absolute atomic E-state index is 12.3. The van der Waals surface area contributed by atoms with Gasteiger partial charge in [-0.05, 0) is 24.3 Å². The largest absolute Gasteiger partial charge is 0.489 e. The fourth-order valence-corrected chi connectivity index (χ4v) is 4.97. The third-order valence-electron chi connectivity index (χ3n) is 6.37. The molecule has 2 aromatic carbocycles. The Morgan fingerprint density at radius 3 is 2.15 bits per heavy atom. The van der Waals surface area contributed by atoms with Gasteiger partial charge in [0.15, 0.2) is 17.8 Å². The number of para-hydroxylation sites is 1. The first kappa shape index (κ1) is 29.3. The molecule has 0 amide bonds. The van der Waals surface area contributed by atoms with Crippen molar-refractivity contribution in [2.45, 2.75) is 64.0 Å². The monoisotopic (exact) mass is 576 g/mol. The number of fused-ring (bicyclic) bond motifs is 2. The Morgan fingerprint density at radius 2 is 1.52 bits per heavy atom. The number of hydrogen-bond donors (Lipinski definition) is 0. The quantitative estimate of drug-likeness (QED) is 0.322. The minimum absolute atomic E-state index is 0.0764. The summed E-state index contributed by atoms with van der Waals surface area (Å²) in [5, 5.41) is 0.384. The molecule has 2 fully saturated rings. The van der Waals surface area contributed by atoms with Crippen LogP contribution in [0.1, 0.15) is 38.8 Å². The van der Waals surface area contributed by atoms with Crippen LogP contribution in [0.2, 0.25) is 5.02 Å². The number of halogens is 1. The number of benzene rings is 2. The second kappa shape index (κ2) is 11.8. The first-order chi connectivity index (χ1) is 19.0. The van der Waals surface area contributed by atoms with Crippen molar-refractivity contribution in [2.75, 3.05) is 13.2 Å². The lowest BCUT2D eigenvalue weighted by molar-refractivity contribution is -0.334. The smallest absolute Gasteiger partial charge is 0.303 e. The molecule has 0 spiro atoms. The van der Waals surface area contributed by atoms with Crippen molar-refractivity contribution in [3.8, 4) is 5.75 Å². The number of hydrogen-bond acceptors (Lipinski definition) is 11. The van der Waals surface area contributed by atoms with Gasteiger partial charge in [0.2, 0.25) is 11.9 Å². The maximum atomic E-state index is 12.3. The standard InChI is InChI=1S/C28H29ClO11/c1-16(30)35-14-27-15-36-28(40-27,26(39-19(4)33)24(37-17(2)31)25(27)38-18(3)32)21-10-11-23(29)20(12-21)13-34-22-8-6-5-7-9-22/h5-12,24-26H,13-15H2,1-4H3/t24-,25-,26+,27-,28-/m0/s1. The van der Waals surface area contributed by atoms with Crippen LogP contribution in [0.25, 0.3) is 0 Å². The van der Waals surface area contributed by atoms with Crippen molar-refractivity contribution >= 4 is 35.5 Å². The Hall–Kier alpha value is -3.67. The summed E-state index contributed by atoms with van der Waals surface area (Å²) in [7, 11) is 0. The van der Waals surface area contributed by atoms with Gasteiger partial charge in [-0.3, -0.25) is 19.2 Å². The van der Waals surface area contributed by atoms with Gasteiger partial charge >= 0.3 is 23.9 Å². The lowest BCUT2D eigenvalue weighted by Gasteiger charge is -2.49. The van der Waals surface area contributed by atoms with E-state index in [4.69, 9.17) is 44.8 Å². The van der Waals surface area contributed by atoms with E-state index in [1.807, 2.05) is 18.2 Å². The molecule has 2 aliphatic heterocycles. The van der Waals surface area contributed by atoms with Crippen molar-refractivity contribution in [3.05, 3.63) is 64.7 Å². The minimum atomic E-state index is -1.87. The van der Waals surface area contributed by atoms with Crippen molar-refractivity contribution < 1.29 is 52.3 Å². The normalized spacial score (nSPS) is 26.9. The highest BCUT2D eigenvalue weighted by Crippen LogP contribution is 2.53. The van der Waals surface area contributed by atoms with Crippen LogP contribution in [0.5, 0.6) is 5.75 Å². The van der Waals surface area contributed by atoms with E-state index in [0.29, 0.717) is 21.9 Å². The highest BCUT2D eigenvalue weighted by Gasteiger charge is 2.72. The van der Waals surface area contributed by atoms with Gasteiger partial charge < -0.3 is 33.2 Å². The van der Waals surface area contributed by atoms with Gasteiger partial charge in [-0.15, -0.1) is 0 Å². The van der Waals surface area contributed by atoms with Crippen molar-refractivity contribution in [1.82, 2.24) is 0 Å². The van der Waals surface area contributed by atoms with E-state index in [0.717, 1.165) is 20.8 Å². The van der Waals surface area contributed by atoms with E-state index < -0.39 is 60.2 Å². The molecule has 5 atom stereocenters. The van der Waals surface area contributed by atoms with Gasteiger partial charge in [0.25, 0.3) is 0 Å². The zero-order valence-electron chi connectivity index (χ0n) is 22.3. The summed E-state index contributed by atoms with van der Waals surface area (Å²) in [5.41, 5.74) is -0.721. The summed E-state index contributed by atoms with van der Waals surface area (Å²) in [6.45, 7) is 4.06. The topological polar surface area (TPSA) is 133 Å². The second-order valence-corrected chi connectivity index (χ2v) is 9.85. The van der Waals surface area contributed by atoms with Crippen molar-refractivity contribution in [1.29, 1.82) is 0 Å². The highest BCUT2D eigenvalue weighted by molar-refractivity contribution is 6.31. The summed E-state index contributed by atoms with van der Waals surface area (Å²) in [4.78, 5) is 48.5. The number of carbonyl (C=O) groups is 4. The van der Waals surface area contributed by atoms with Gasteiger partial charge in [0.05, 0.1) is 6.61 Å². The Kier molecular flexibility index (Phi) is 8.67. The molecule has 4 rings (SSSR count). The lowest BCUT2D eigenvalue weighted by Crippen LogP contribution is -2.68. The molecule has 2 saturated heterocycles. The predicted molar refractivity (Wildman–Crippen MR) is 137 cm³/mol. The maximum Gasteiger partial charge on any atom is 0.303 e. The molecule has 2 aliphatic rings. The summed E-state index contributed by atoms with van der Waals surface area (Å²) in [6, 6.07) is 13.9. The molecule has 40 heavy (non-hydrogen) atoms. The van der Waals surface area contributed by atoms with Crippen LogP contribution >= 0.6 is 11.6 Å². The molecule has 0 N–H and O–H groups in total. The molecule has 0 aromatic heterocycles. The average Bonchev–Trinajstić information content (AvgIpc) is 3.26. The average molecular weight is 577 g/mol. The zero-order chi connectivity index (χ0) is 29.1. The summed E-state index contributed by atoms with van der Waals surface area (Å²) < 4.78 is 40.6. The number of carbonyl (C=O) groups excluding carboxylic acids is 4. The SMILES string of the molecule is CC(=O)OC[C@@]12CO[C@@](c3ccc(Cl)c(COc4ccccc4)c3)(O1)[C@H](OC(C)=O)[C@@H](OC(C)=O)[C@@H]2OC(C)=O. The molecule has 0 aliphatic carbocycles. The van der Waals surface area contributed by atoms with E-state index >= 15 is 0 Å². The molecule has 12 heteroatoms. The van der Waals surface area contributed by atoms with Crippen LogP contribution in [0.15, 0.2) is 48.5 Å². The third kappa shape index (κ3) is 6.06. The fourth-order valence-electron chi connectivity index (χ4n) is 4.80. The van der Waals surface area contributed by atoms with Crippen molar-refractivity contribution in [2.24, 2.45) is 0 Å². The Bertz CT molecular complexity index is 1280. The number of rotatable bonds is 9. The zero-order valence-corrected chi connectivity index (χ0v) is 23.1. The van der Waals surface area contributed by atoms with Gasteiger partial charge in [0.1, 0.15) is 19.0 Å². The predicted octanol–water partition coefficient (Wildman–Crippen LogP) is 3.23. The van der Waals surface area contributed by atoms with Crippen LogP contribution in [-0.2, 0) is 60.0 Å². The molecule has 2 heterocycles. The van der Waals surface area contributed by atoms with E-state index in [-0.39, 0.29) is 13.2 Å². The van der Waals surface area contributed by atoms with E-state index in [1.165, 1.54) is 6.92 Å². The summed E-state index contributed by atoms with van der Waals surface area (Å²) >= 11 is 6.48. The van der Waals surface area contributed by atoms with Crippen LogP contribution < -0.4 is 4.74 Å². The van der Waals surface area contributed by atoms with E-state index in [1.54, 1.807) is 30.3 Å². The lowest BCUT2D eigenvalue weighted by atomic mass is 9.83. The first-order valence-corrected chi connectivity index (χ1v) is 12.8. The Morgan fingerprint density at radius 1 is 0.875 bits per heavy atom. The molecule has 0 radical (unpaired) electrons. The fraction of sp³-hybridized carbons (Fsp3) is 0.429. The molecule has 11 nitrogen and oxygen atoms in total. The molecule has 0 unspecified atom stereocenters. The van der Waals surface area contributed by atoms with Crippen molar-refractivity contribution in [3.63, 3.8) is 0 Å².